The van der Waals surface area contributed by atoms with E-state index in [4.69, 9.17) is 0 Å². The highest BCUT2D eigenvalue weighted by molar-refractivity contribution is 5.78. The van der Waals surface area contributed by atoms with E-state index >= 15 is 0 Å². The minimum Gasteiger partial charge on any atom is -0.393 e. The maximum atomic E-state index is 11.8. The topological polar surface area (TPSA) is 52.6 Å². The van der Waals surface area contributed by atoms with E-state index in [1.165, 1.54) is 0 Å². The molecule has 0 aromatic heterocycles. The van der Waals surface area contributed by atoms with Gasteiger partial charge in [-0.25, -0.2) is 0 Å². The number of carbonyl (C=O) groups is 1. The van der Waals surface area contributed by atoms with Crippen molar-refractivity contribution < 1.29 is 9.90 Å². The zero-order valence-corrected chi connectivity index (χ0v) is 10.5. The quantitative estimate of drug-likeness (QED) is 0.762. The fraction of sp³-hybridized carbons (Fsp3) is 0.923. The second kappa shape index (κ2) is 6.36. The van der Waals surface area contributed by atoms with Crippen molar-refractivity contribution in [2.75, 3.05) is 26.2 Å². The smallest absolute Gasteiger partial charge is 0.236 e. The summed E-state index contributed by atoms with van der Waals surface area (Å²) in [4.78, 5) is 13.7. The lowest BCUT2D eigenvalue weighted by atomic mass is 9.87. The summed E-state index contributed by atoms with van der Waals surface area (Å²) in [7, 11) is 0. The Morgan fingerprint density at radius 2 is 1.82 bits per heavy atom. The van der Waals surface area contributed by atoms with Crippen LogP contribution in [0.1, 0.15) is 38.5 Å². The summed E-state index contributed by atoms with van der Waals surface area (Å²) in [5, 5.41) is 12.7. The Morgan fingerprint density at radius 1 is 1.18 bits per heavy atom. The predicted molar refractivity (Wildman–Crippen MR) is 66.6 cm³/mol. The first kappa shape index (κ1) is 12.8. The number of aliphatic hydroxyl groups excluding tert-OH is 1. The van der Waals surface area contributed by atoms with E-state index in [-0.39, 0.29) is 12.0 Å². The number of amides is 1. The summed E-state index contributed by atoms with van der Waals surface area (Å²) in [5.41, 5.74) is 0. The maximum Gasteiger partial charge on any atom is 0.236 e. The number of nitrogens with one attached hydrogen (secondary N) is 1. The highest BCUT2D eigenvalue weighted by atomic mass is 16.3. The Morgan fingerprint density at radius 3 is 2.47 bits per heavy atom. The molecule has 4 nitrogen and oxygen atoms in total. The number of nitrogens with zero attached hydrogens (tertiary/aromatic N) is 1. The third kappa shape index (κ3) is 3.96. The second-order valence-electron chi connectivity index (χ2n) is 5.39. The van der Waals surface area contributed by atoms with Gasteiger partial charge in [0.25, 0.3) is 0 Å². The predicted octanol–water partition coefficient (Wildman–Crippen LogP) is 0.749. The van der Waals surface area contributed by atoms with Gasteiger partial charge in [0.2, 0.25) is 5.91 Å². The lowest BCUT2D eigenvalue weighted by Gasteiger charge is -2.25. The van der Waals surface area contributed by atoms with E-state index in [1.807, 2.05) is 4.90 Å². The minimum atomic E-state index is -0.0857. The summed E-state index contributed by atoms with van der Waals surface area (Å²) >= 11 is 0. The van der Waals surface area contributed by atoms with E-state index in [0.717, 1.165) is 58.2 Å². The van der Waals surface area contributed by atoms with E-state index in [0.29, 0.717) is 12.5 Å². The summed E-state index contributed by atoms with van der Waals surface area (Å²) in [6, 6.07) is 0. The van der Waals surface area contributed by atoms with E-state index in [9.17, 15) is 9.90 Å². The first-order chi connectivity index (χ1) is 8.25. The van der Waals surface area contributed by atoms with Gasteiger partial charge in [0.05, 0.1) is 12.6 Å². The number of rotatable bonds is 4. The fourth-order valence-electron chi connectivity index (χ4n) is 2.81. The molecule has 1 saturated heterocycles. The molecule has 1 saturated carbocycles. The fourth-order valence-corrected chi connectivity index (χ4v) is 2.81. The third-order valence-electron chi connectivity index (χ3n) is 3.98. The summed E-state index contributed by atoms with van der Waals surface area (Å²) in [5.74, 6) is 0.892. The zero-order chi connectivity index (χ0) is 12.1. The number of hydrogen-bond acceptors (Lipinski definition) is 3. The van der Waals surface area contributed by atoms with E-state index in [2.05, 4.69) is 5.32 Å². The molecular formula is C13H24N2O2. The molecule has 0 aromatic rings. The van der Waals surface area contributed by atoms with Crippen LogP contribution in [-0.4, -0.2) is 48.2 Å². The Hall–Kier alpha value is -0.610. The van der Waals surface area contributed by atoms with Crippen LogP contribution in [0.3, 0.4) is 0 Å². The number of likely N-dealkylation sites (tertiary alicyclic amines) is 1. The minimum absolute atomic E-state index is 0.0857. The molecule has 0 unspecified atom stereocenters. The van der Waals surface area contributed by atoms with Gasteiger partial charge >= 0.3 is 0 Å². The van der Waals surface area contributed by atoms with Gasteiger partial charge in [-0.1, -0.05) is 0 Å². The summed E-state index contributed by atoms with van der Waals surface area (Å²) in [6.45, 7) is 3.29. The number of carbonyl (C=O) groups excluding carboxylic acids is 1. The van der Waals surface area contributed by atoms with Crippen LogP contribution in [-0.2, 0) is 4.79 Å². The highest BCUT2D eigenvalue weighted by Gasteiger charge is 2.20. The molecule has 4 heteroatoms. The zero-order valence-electron chi connectivity index (χ0n) is 10.5. The van der Waals surface area contributed by atoms with Crippen molar-refractivity contribution in [1.82, 2.24) is 10.2 Å². The van der Waals surface area contributed by atoms with Crippen molar-refractivity contribution >= 4 is 5.91 Å². The van der Waals surface area contributed by atoms with Gasteiger partial charge in [-0.05, 0) is 51.0 Å². The van der Waals surface area contributed by atoms with Gasteiger partial charge in [-0.15, -0.1) is 0 Å². The van der Waals surface area contributed by atoms with Crippen molar-refractivity contribution in [2.45, 2.75) is 44.6 Å². The van der Waals surface area contributed by atoms with Crippen molar-refractivity contribution in [3.63, 3.8) is 0 Å². The lowest BCUT2D eigenvalue weighted by molar-refractivity contribution is -0.129. The first-order valence-corrected chi connectivity index (χ1v) is 6.92. The normalized spacial score (nSPS) is 29.6. The molecule has 2 fully saturated rings. The molecule has 1 heterocycles. The number of aliphatic hydroxyl groups is 1. The molecule has 0 spiro atoms. The van der Waals surface area contributed by atoms with Crippen molar-refractivity contribution in [3.05, 3.63) is 0 Å². The Kier molecular flexibility index (Phi) is 4.80. The highest BCUT2D eigenvalue weighted by Crippen LogP contribution is 2.23. The molecule has 1 aliphatic carbocycles. The van der Waals surface area contributed by atoms with Crippen LogP contribution in [0.2, 0.25) is 0 Å². The molecule has 0 radical (unpaired) electrons. The van der Waals surface area contributed by atoms with Crippen molar-refractivity contribution in [1.29, 1.82) is 0 Å². The molecule has 2 N–H and O–H groups in total. The molecule has 0 aromatic carbocycles. The van der Waals surface area contributed by atoms with Crippen LogP contribution >= 0.6 is 0 Å². The third-order valence-corrected chi connectivity index (χ3v) is 3.98. The van der Waals surface area contributed by atoms with Gasteiger partial charge in [-0.2, -0.15) is 0 Å². The van der Waals surface area contributed by atoms with Crippen LogP contribution in [0.15, 0.2) is 0 Å². The SMILES string of the molecule is O=C(CNCC1CCC(O)CC1)N1CCCC1. The van der Waals surface area contributed by atoms with Crippen LogP contribution in [0.4, 0.5) is 0 Å². The van der Waals surface area contributed by atoms with Crippen molar-refractivity contribution in [2.24, 2.45) is 5.92 Å². The first-order valence-electron chi connectivity index (χ1n) is 6.92. The summed E-state index contributed by atoms with van der Waals surface area (Å²) < 4.78 is 0. The van der Waals surface area contributed by atoms with Crippen LogP contribution in [0, 0.1) is 5.92 Å². The average molecular weight is 240 g/mol. The molecule has 1 amide bonds. The maximum absolute atomic E-state index is 11.8. The van der Waals surface area contributed by atoms with Gasteiger partial charge < -0.3 is 15.3 Å². The van der Waals surface area contributed by atoms with Gasteiger partial charge in [0.15, 0.2) is 0 Å². The Bertz CT molecular complexity index is 244. The Labute approximate surface area is 103 Å². The summed E-state index contributed by atoms with van der Waals surface area (Å²) in [6.07, 6.45) is 6.26. The average Bonchev–Trinajstić information content (AvgIpc) is 2.85. The Balaban J connectivity index is 1.57. The van der Waals surface area contributed by atoms with Gasteiger partial charge in [-0.3, -0.25) is 4.79 Å². The van der Waals surface area contributed by atoms with Gasteiger partial charge in [0, 0.05) is 13.1 Å². The molecule has 98 valence electrons. The lowest BCUT2D eigenvalue weighted by Crippen LogP contribution is -2.38. The van der Waals surface area contributed by atoms with Crippen LogP contribution in [0.25, 0.3) is 0 Å². The van der Waals surface area contributed by atoms with Crippen LogP contribution in [0.5, 0.6) is 0 Å². The molecular weight excluding hydrogens is 216 g/mol. The molecule has 17 heavy (non-hydrogen) atoms. The second-order valence-corrected chi connectivity index (χ2v) is 5.39. The molecule has 1 aliphatic heterocycles. The molecule has 0 bridgehead atoms. The van der Waals surface area contributed by atoms with Crippen molar-refractivity contribution in [3.8, 4) is 0 Å². The van der Waals surface area contributed by atoms with E-state index < -0.39 is 0 Å². The van der Waals surface area contributed by atoms with E-state index in [1.54, 1.807) is 0 Å². The molecule has 0 atom stereocenters. The standard InChI is InChI=1S/C13H24N2O2/c16-12-5-3-11(4-6-12)9-14-10-13(17)15-7-1-2-8-15/h11-12,14,16H,1-10H2. The molecule has 2 aliphatic rings. The van der Waals surface area contributed by atoms with Gasteiger partial charge in [0.1, 0.15) is 0 Å². The monoisotopic (exact) mass is 240 g/mol. The number of hydrogen-bond donors (Lipinski definition) is 2. The largest absolute Gasteiger partial charge is 0.393 e. The molecule has 2 rings (SSSR count). The van der Waals surface area contributed by atoms with Crippen LogP contribution < -0.4 is 5.32 Å².